The number of nitrogens with one attached hydrogen (secondary N) is 1. The topological polar surface area (TPSA) is 26.2 Å². The number of halogens is 1. The van der Waals surface area contributed by atoms with Crippen molar-refractivity contribution in [2.24, 2.45) is 0 Å². The highest BCUT2D eigenvalue weighted by molar-refractivity contribution is 5.85. The van der Waals surface area contributed by atoms with Crippen LogP contribution in [0.2, 0.25) is 0 Å². The first-order chi connectivity index (χ1) is 10.3. The van der Waals surface area contributed by atoms with E-state index >= 15 is 0 Å². The Bertz CT molecular complexity index is 602. The fraction of sp³-hybridized carbons (Fsp3) is 0.529. The molecule has 0 bridgehead atoms. The van der Waals surface area contributed by atoms with E-state index in [2.05, 4.69) is 16.1 Å². The van der Waals surface area contributed by atoms with Gasteiger partial charge in [-0.15, -0.1) is 0 Å². The van der Waals surface area contributed by atoms with Crippen LogP contribution in [-0.2, 0) is 11.3 Å². The molecule has 3 nitrogen and oxygen atoms in total. The molecule has 0 radical (unpaired) electrons. The van der Waals surface area contributed by atoms with Crippen LogP contribution < -0.4 is 5.32 Å². The van der Waals surface area contributed by atoms with Gasteiger partial charge in [0.05, 0.1) is 12.1 Å². The van der Waals surface area contributed by atoms with Gasteiger partial charge in [-0.05, 0) is 56.5 Å². The van der Waals surface area contributed by atoms with Crippen LogP contribution in [0, 0.1) is 5.82 Å². The molecule has 2 heterocycles. The van der Waals surface area contributed by atoms with Crippen LogP contribution in [0.4, 0.5) is 4.39 Å². The molecule has 0 spiro atoms. The zero-order chi connectivity index (χ0) is 14.7. The van der Waals surface area contributed by atoms with Crippen molar-refractivity contribution in [3.63, 3.8) is 0 Å². The van der Waals surface area contributed by atoms with Gasteiger partial charge >= 0.3 is 0 Å². The van der Waals surface area contributed by atoms with E-state index in [-0.39, 0.29) is 5.82 Å². The second kappa shape index (κ2) is 6.58. The van der Waals surface area contributed by atoms with Crippen LogP contribution in [0.3, 0.4) is 0 Å². The van der Waals surface area contributed by atoms with Crippen molar-refractivity contribution in [1.29, 1.82) is 0 Å². The van der Waals surface area contributed by atoms with Crippen LogP contribution in [0.5, 0.6) is 0 Å². The average molecular weight is 290 g/mol. The van der Waals surface area contributed by atoms with Gasteiger partial charge in [-0.1, -0.05) is 6.07 Å². The zero-order valence-corrected chi connectivity index (χ0v) is 12.6. The highest BCUT2D eigenvalue weighted by Crippen LogP contribution is 2.34. The van der Waals surface area contributed by atoms with E-state index < -0.39 is 0 Å². The van der Waals surface area contributed by atoms with Gasteiger partial charge in [-0.2, -0.15) is 0 Å². The molecular formula is C17H23FN2O. The second-order valence-corrected chi connectivity index (χ2v) is 5.63. The first-order valence-corrected chi connectivity index (χ1v) is 7.87. The number of aromatic nitrogens is 1. The van der Waals surface area contributed by atoms with Crippen molar-refractivity contribution >= 4 is 10.9 Å². The summed E-state index contributed by atoms with van der Waals surface area (Å²) in [6, 6.07) is 5.37. The van der Waals surface area contributed by atoms with E-state index in [1.165, 1.54) is 5.56 Å². The lowest BCUT2D eigenvalue weighted by Gasteiger charge is -2.22. The predicted molar refractivity (Wildman–Crippen MR) is 83.2 cm³/mol. The Balaban J connectivity index is 1.98. The molecule has 1 fully saturated rings. The summed E-state index contributed by atoms with van der Waals surface area (Å²) in [6.45, 7) is 6.19. The van der Waals surface area contributed by atoms with Crippen LogP contribution in [0.1, 0.15) is 31.2 Å². The third-order valence-electron chi connectivity index (χ3n) is 4.34. The SMILES string of the molecule is CCOCCn1cc(C2CCNCC2)c2c(F)cccc21. The van der Waals surface area contributed by atoms with Crippen LogP contribution in [0.15, 0.2) is 24.4 Å². The minimum Gasteiger partial charge on any atom is -0.380 e. The zero-order valence-electron chi connectivity index (χ0n) is 12.6. The van der Waals surface area contributed by atoms with Crippen LogP contribution in [-0.4, -0.2) is 30.9 Å². The number of nitrogens with zero attached hydrogens (tertiary/aromatic N) is 1. The molecule has 21 heavy (non-hydrogen) atoms. The molecule has 0 unspecified atom stereocenters. The molecule has 1 aliphatic rings. The standard InChI is InChI=1S/C17H23FN2O/c1-2-21-11-10-20-12-14(13-6-8-19-9-7-13)17-15(18)4-3-5-16(17)20/h3-5,12-13,19H,2,6-11H2,1H3. The van der Waals surface area contributed by atoms with Gasteiger partial charge in [-0.25, -0.2) is 4.39 Å². The molecule has 0 atom stereocenters. The van der Waals surface area contributed by atoms with E-state index in [0.717, 1.165) is 43.4 Å². The van der Waals surface area contributed by atoms with E-state index in [1.807, 2.05) is 13.0 Å². The summed E-state index contributed by atoms with van der Waals surface area (Å²) >= 11 is 0. The molecule has 114 valence electrons. The summed E-state index contributed by atoms with van der Waals surface area (Å²) < 4.78 is 21.9. The molecule has 2 aromatic rings. The summed E-state index contributed by atoms with van der Waals surface area (Å²) in [6.07, 6.45) is 4.31. The summed E-state index contributed by atoms with van der Waals surface area (Å²) in [5, 5.41) is 4.18. The van der Waals surface area contributed by atoms with Crippen molar-refractivity contribution in [3.05, 3.63) is 35.8 Å². The number of fused-ring (bicyclic) bond motifs is 1. The van der Waals surface area contributed by atoms with Crippen LogP contribution >= 0.6 is 0 Å². The number of benzene rings is 1. The number of piperidine rings is 1. The maximum Gasteiger partial charge on any atom is 0.132 e. The number of hydrogen-bond acceptors (Lipinski definition) is 2. The van der Waals surface area contributed by atoms with Crippen molar-refractivity contribution in [2.75, 3.05) is 26.3 Å². The first kappa shape index (κ1) is 14.5. The maximum atomic E-state index is 14.3. The maximum absolute atomic E-state index is 14.3. The monoisotopic (exact) mass is 290 g/mol. The van der Waals surface area contributed by atoms with Crippen molar-refractivity contribution in [1.82, 2.24) is 9.88 Å². The van der Waals surface area contributed by atoms with Crippen molar-refractivity contribution in [3.8, 4) is 0 Å². The largest absolute Gasteiger partial charge is 0.380 e. The third kappa shape index (κ3) is 2.97. The Hall–Kier alpha value is -1.39. The van der Waals surface area contributed by atoms with E-state index in [9.17, 15) is 4.39 Å². The van der Waals surface area contributed by atoms with Gasteiger partial charge in [0, 0.05) is 24.7 Å². The molecule has 1 aromatic heterocycles. The summed E-state index contributed by atoms with van der Waals surface area (Å²) in [4.78, 5) is 0. The van der Waals surface area contributed by atoms with E-state index in [4.69, 9.17) is 4.74 Å². The number of hydrogen-bond donors (Lipinski definition) is 1. The molecule has 1 saturated heterocycles. The number of rotatable bonds is 5. The predicted octanol–water partition coefficient (Wildman–Crippen LogP) is 3.28. The average Bonchev–Trinajstić information content (AvgIpc) is 2.89. The fourth-order valence-corrected chi connectivity index (χ4v) is 3.27. The van der Waals surface area contributed by atoms with Gasteiger partial charge < -0.3 is 14.6 Å². The summed E-state index contributed by atoms with van der Waals surface area (Å²) in [7, 11) is 0. The molecule has 3 rings (SSSR count). The van der Waals surface area contributed by atoms with Crippen LogP contribution in [0.25, 0.3) is 10.9 Å². The Labute approximate surface area is 125 Å². The lowest BCUT2D eigenvalue weighted by Crippen LogP contribution is -2.26. The molecule has 1 aliphatic heterocycles. The smallest absolute Gasteiger partial charge is 0.132 e. The molecule has 0 aliphatic carbocycles. The van der Waals surface area contributed by atoms with Gasteiger partial charge in [0.1, 0.15) is 5.82 Å². The Kier molecular flexibility index (Phi) is 4.56. The van der Waals surface area contributed by atoms with E-state index in [0.29, 0.717) is 19.1 Å². The Morgan fingerprint density at radius 3 is 2.90 bits per heavy atom. The first-order valence-electron chi connectivity index (χ1n) is 7.87. The molecule has 0 saturated carbocycles. The molecule has 1 N–H and O–H groups in total. The fourth-order valence-electron chi connectivity index (χ4n) is 3.27. The summed E-state index contributed by atoms with van der Waals surface area (Å²) in [5.74, 6) is 0.357. The minimum atomic E-state index is -0.101. The van der Waals surface area contributed by atoms with Crippen molar-refractivity contribution in [2.45, 2.75) is 32.2 Å². The molecule has 0 amide bonds. The minimum absolute atomic E-state index is 0.101. The summed E-state index contributed by atoms with van der Waals surface area (Å²) in [5.41, 5.74) is 2.16. The quantitative estimate of drug-likeness (QED) is 0.855. The van der Waals surface area contributed by atoms with Gasteiger partial charge in [0.15, 0.2) is 0 Å². The highest BCUT2D eigenvalue weighted by atomic mass is 19.1. The molecular weight excluding hydrogens is 267 g/mol. The second-order valence-electron chi connectivity index (χ2n) is 5.63. The van der Waals surface area contributed by atoms with Gasteiger partial charge in [-0.3, -0.25) is 0 Å². The third-order valence-corrected chi connectivity index (χ3v) is 4.34. The van der Waals surface area contributed by atoms with E-state index in [1.54, 1.807) is 12.1 Å². The Morgan fingerprint density at radius 2 is 2.14 bits per heavy atom. The normalized spacial score (nSPS) is 16.7. The molecule has 1 aromatic carbocycles. The van der Waals surface area contributed by atoms with Crippen molar-refractivity contribution < 1.29 is 9.13 Å². The number of ether oxygens (including phenoxy) is 1. The van der Waals surface area contributed by atoms with Gasteiger partial charge in [0.2, 0.25) is 0 Å². The van der Waals surface area contributed by atoms with Gasteiger partial charge in [0.25, 0.3) is 0 Å². The lowest BCUT2D eigenvalue weighted by atomic mass is 9.90. The Morgan fingerprint density at radius 1 is 1.33 bits per heavy atom. The highest BCUT2D eigenvalue weighted by Gasteiger charge is 2.21. The lowest BCUT2D eigenvalue weighted by molar-refractivity contribution is 0.140. The molecule has 4 heteroatoms.